The number of rotatable bonds is 3. The molecule has 0 aliphatic heterocycles. The van der Waals surface area contributed by atoms with Gasteiger partial charge in [-0.1, -0.05) is 73.9 Å². The second kappa shape index (κ2) is 7.53. The van der Waals surface area contributed by atoms with E-state index in [2.05, 4.69) is 48.5 Å². The van der Waals surface area contributed by atoms with Crippen molar-refractivity contribution in [2.24, 2.45) is 0 Å². The number of hydrogen-bond donors (Lipinski definition) is 0. The molecular weight excluding hydrogens is 363 g/mol. The monoisotopic (exact) mass is 387 g/mol. The number of para-hydroxylation sites is 1. The van der Waals surface area contributed by atoms with E-state index in [0.29, 0.717) is 5.92 Å². The molecule has 0 amide bonds. The van der Waals surface area contributed by atoms with Crippen molar-refractivity contribution in [1.82, 2.24) is 0 Å². The number of benzene rings is 3. The van der Waals surface area contributed by atoms with E-state index in [9.17, 15) is 4.57 Å². The van der Waals surface area contributed by atoms with Gasteiger partial charge in [0.05, 0.1) is 0 Å². The Morgan fingerprint density at radius 2 is 1.57 bits per heavy atom. The lowest BCUT2D eigenvalue weighted by Crippen LogP contribution is -2.06. The SMILES string of the molecule is O=[p+]1oc2ccccc2c2cc(Cc3ccccc3)cc(C3CCCCC3)c21. The van der Waals surface area contributed by atoms with Gasteiger partial charge < -0.3 is 0 Å². The maximum Gasteiger partial charge on any atom is 0.598 e. The van der Waals surface area contributed by atoms with E-state index in [1.807, 2.05) is 18.2 Å². The molecule has 1 aliphatic carbocycles. The van der Waals surface area contributed by atoms with Crippen LogP contribution in [-0.2, 0) is 11.0 Å². The van der Waals surface area contributed by atoms with Gasteiger partial charge in [0, 0.05) is 16.3 Å². The van der Waals surface area contributed by atoms with Crippen LogP contribution in [0.4, 0.5) is 0 Å². The highest BCUT2D eigenvalue weighted by atomic mass is 31.1. The van der Waals surface area contributed by atoms with E-state index in [-0.39, 0.29) is 0 Å². The third-order valence-corrected chi connectivity index (χ3v) is 7.26. The molecule has 1 aliphatic rings. The summed E-state index contributed by atoms with van der Waals surface area (Å²) in [4.78, 5) is 0. The molecule has 1 saturated carbocycles. The highest BCUT2D eigenvalue weighted by molar-refractivity contribution is 7.37. The van der Waals surface area contributed by atoms with Crippen molar-refractivity contribution in [1.29, 1.82) is 0 Å². The predicted molar refractivity (Wildman–Crippen MR) is 116 cm³/mol. The first-order chi connectivity index (χ1) is 13.8. The molecule has 1 aromatic heterocycles. The molecule has 4 aromatic rings. The topological polar surface area (TPSA) is 30.2 Å². The summed E-state index contributed by atoms with van der Waals surface area (Å²) in [6.45, 7) is 0. The van der Waals surface area contributed by atoms with Crippen LogP contribution in [0.3, 0.4) is 0 Å². The first-order valence-electron chi connectivity index (χ1n) is 10.2. The average Bonchev–Trinajstić information content (AvgIpc) is 2.75. The Balaban J connectivity index is 1.77. The predicted octanol–water partition coefficient (Wildman–Crippen LogP) is 7.97. The normalized spacial score (nSPS) is 15.9. The van der Waals surface area contributed by atoms with Gasteiger partial charge in [0.1, 0.15) is 0 Å². The molecule has 0 spiro atoms. The molecule has 0 bridgehead atoms. The van der Waals surface area contributed by atoms with Crippen molar-refractivity contribution in [2.75, 3.05) is 0 Å². The Morgan fingerprint density at radius 3 is 2.39 bits per heavy atom. The molecule has 2 nitrogen and oxygen atoms in total. The zero-order valence-electron chi connectivity index (χ0n) is 15.9. The fourth-order valence-corrected chi connectivity index (χ4v) is 5.96. The van der Waals surface area contributed by atoms with Gasteiger partial charge in [0.25, 0.3) is 0 Å². The molecule has 3 aromatic carbocycles. The summed E-state index contributed by atoms with van der Waals surface area (Å²) in [5.41, 5.74) is 4.61. The summed E-state index contributed by atoms with van der Waals surface area (Å²) in [6, 6.07) is 23.2. The lowest BCUT2D eigenvalue weighted by Gasteiger charge is -2.22. The van der Waals surface area contributed by atoms with Crippen molar-refractivity contribution in [2.45, 2.75) is 44.4 Å². The van der Waals surface area contributed by atoms with Gasteiger partial charge in [-0.25, -0.2) is 4.20 Å². The van der Waals surface area contributed by atoms with Crippen LogP contribution in [0.25, 0.3) is 21.5 Å². The second-order valence-corrected chi connectivity index (χ2v) is 9.07. The fourth-order valence-electron chi connectivity index (χ4n) is 4.69. The third kappa shape index (κ3) is 3.27. The Bertz CT molecular complexity index is 1190. The van der Waals surface area contributed by atoms with Crippen LogP contribution in [0.2, 0.25) is 0 Å². The summed E-state index contributed by atoms with van der Waals surface area (Å²) >= 11 is 0. The van der Waals surface area contributed by atoms with Gasteiger partial charge >= 0.3 is 7.65 Å². The standard InChI is InChI=1S/C25H24O2P/c26-28-25-22(20-11-5-2-6-12-20)16-19(15-18-9-3-1-4-10-18)17-23(25)21-13-7-8-14-24(21)27-28/h1,3-4,7-10,13-14,16-17,20H,2,5-6,11-12,15H2/q+1. The summed E-state index contributed by atoms with van der Waals surface area (Å²) < 4.78 is 19.0. The molecule has 28 heavy (non-hydrogen) atoms. The molecule has 1 heterocycles. The largest absolute Gasteiger partial charge is 0.598 e. The molecule has 5 rings (SSSR count). The summed E-state index contributed by atoms with van der Waals surface area (Å²) in [6.07, 6.45) is 7.10. The van der Waals surface area contributed by atoms with Crippen LogP contribution in [0, 0.1) is 0 Å². The van der Waals surface area contributed by atoms with Gasteiger partial charge in [-0.2, -0.15) is 0 Å². The van der Waals surface area contributed by atoms with Crippen molar-refractivity contribution in [3.05, 3.63) is 83.4 Å². The summed E-state index contributed by atoms with van der Waals surface area (Å²) in [5, 5.41) is 3.12. The van der Waals surface area contributed by atoms with Crippen LogP contribution in [0.5, 0.6) is 0 Å². The highest BCUT2D eigenvalue weighted by Gasteiger charge is 2.27. The lowest BCUT2D eigenvalue weighted by atomic mass is 9.82. The molecule has 3 heteroatoms. The van der Waals surface area contributed by atoms with Crippen LogP contribution in [-0.4, -0.2) is 0 Å². The minimum atomic E-state index is -1.86. The summed E-state index contributed by atoms with van der Waals surface area (Å²) in [5.74, 6) is 0.492. The van der Waals surface area contributed by atoms with Crippen molar-refractivity contribution in [3.8, 4) is 0 Å². The minimum Gasteiger partial charge on any atom is -0.250 e. The summed E-state index contributed by atoms with van der Waals surface area (Å²) in [7, 11) is -1.86. The lowest BCUT2D eigenvalue weighted by molar-refractivity contribution is 0.445. The van der Waals surface area contributed by atoms with E-state index in [1.165, 1.54) is 48.8 Å². The van der Waals surface area contributed by atoms with E-state index < -0.39 is 7.65 Å². The number of fused-ring (bicyclic) bond motifs is 3. The van der Waals surface area contributed by atoms with Gasteiger partial charge in [-0.3, -0.25) is 0 Å². The minimum absolute atomic E-state index is 0.492. The fraction of sp³-hybridized carbons (Fsp3) is 0.280. The maximum absolute atomic E-state index is 13.1. The molecule has 0 radical (unpaired) electrons. The van der Waals surface area contributed by atoms with Crippen LogP contribution in [0.1, 0.15) is 54.7 Å². The van der Waals surface area contributed by atoms with E-state index in [0.717, 1.165) is 27.9 Å². The van der Waals surface area contributed by atoms with Crippen molar-refractivity contribution in [3.63, 3.8) is 0 Å². The molecular formula is C25H24O2P+. The Hall–Kier alpha value is -2.44. The number of hydrogen-bond acceptors (Lipinski definition) is 2. The first-order valence-corrected chi connectivity index (χ1v) is 11.4. The zero-order valence-corrected chi connectivity index (χ0v) is 16.8. The van der Waals surface area contributed by atoms with Crippen LogP contribution >= 0.6 is 7.65 Å². The van der Waals surface area contributed by atoms with Gasteiger partial charge in [0.2, 0.25) is 5.12 Å². The Morgan fingerprint density at radius 1 is 0.821 bits per heavy atom. The Kier molecular flexibility index (Phi) is 4.74. The molecule has 140 valence electrons. The molecule has 1 fully saturated rings. The zero-order chi connectivity index (χ0) is 18.9. The van der Waals surface area contributed by atoms with E-state index in [4.69, 9.17) is 4.20 Å². The smallest absolute Gasteiger partial charge is 0.250 e. The molecule has 0 N–H and O–H groups in total. The van der Waals surface area contributed by atoms with Crippen molar-refractivity contribution < 1.29 is 8.76 Å². The Labute approximate surface area is 166 Å². The van der Waals surface area contributed by atoms with E-state index >= 15 is 0 Å². The van der Waals surface area contributed by atoms with Crippen LogP contribution in [0.15, 0.2) is 70.9 Å². The maximum atomic E-state index is 13.1. The molecule has 0 saturated heterocycles. The molecule has 1 atom stereocenters. The highest BCUT2D eigenvalue weighted by Crippen LogP contribution is 2.44. The first kappa shape index (κ1) is 17.6. The third-order valence-electron chi connectivity index (χ3n) is 6.04. The molecule has 1 unspecified atom stereocenters. The van der Waals surface area contributed by atoms with Gasteiger partial charge in [0.15, 0.2) is 5.58 Å². The quantitative estimate of drug-likeness (QED) is 0.334. The average molecular weight is 387 g/mol. The van der Waals surface area contributed by atoms with Crippen LogP contribution < -0.4 is 0 Å². The van der Waals surface area contributed by atoms with E-state index in [1.54, 1.807) is 0 Å². The van der Waals surface area contributed by atoms with Gasteiger partial charge in [-0.05, 0) is 53.0 Å². The van der Waals surface area contributed by atoms with Gasteiger partial charge in [-0.15, -0.1) is 0 Å². The second-order valence-electron chi connectivity index (χ2n) is 7.92. The van der Waals surface area contributed by atoms with Crippen molar-refractivity contribution >= 4 is 29.1 Å².